The Labute approximate surface area is 166 Å². The average molecular weight is 399 g/mol. The molecule has 4 rings (SSSR count). The molecule has 8 heteroatoms. The Morgan fingerprint density at radius 3 is 2.66 bits per heavy atom. The van der Waals surface area contributed by atoms with Gasteiger partial charge in [-0.15, -0.1) is 0 Å². The number of carbonyl (C=O) groups is 3. The molecule has 2 aliphatic rings. The molecular formula is C21H19F2N3O3. The quantitative estimate of drug-likeness (QED) is 0.863. The predicted molar refractivity (Wildman–Crippen MR) is 104 cm³/mol. The third kappa shape index (κ3) is 3.57. The highest BCUT2D eigenvalue weighted by molar-refractivity contribution is 6.04. The number of nitrogens with one attached hydrogen (secondary N) is 1. The van der Waals surface area contributed by atoms with Crippen molar-refractivity contribution in [2.24, 2.45) is 5.92 Å². The number of amides is 3. The molecule has 6 nitrogen and oxygen atoms in total. The molecule has 0 aromatic heterocycles. The van der Waals surface area contributed by atoms with Crippen LogP contribution in [0.4, 0.5) is 25.8 Å². The van der Waals surface area contributed by atoms with E-state index in [-0.39, 0.29) is 30.5 Å². The largest absolute Gasteiger partial charge is 0.323 e. The van der Waals surface area contributed by atoms with Crippen molar-refractivity contribution < 1.29 is 23.2 Å². The van der Waals surface area contributed by atoms with E-state index in [1.165, 1.54) is 11.8 Å². The van der Waals surface area contributed by atoms with Gasteiger partial charge in [0.2, 0.25) is 17.7 Å². The zero-order chi connectivity index (χ0) is 20.7. The third-order valence-corrected chi connectivity index (χ3v) is 5.34. The van der Waals surface area contributed by atoms with Crippen molar-refractivity contribution in [3.05, 3.63) is 53.6 Å². The summed E-state index contributed by atoms with van der Waals surface area (Å²) in [5, 5.41) is 2.43. The first kappa shape index (κ1) is 19.0. The lowest BCUT2D eigenvalue weighted by Crippen LogP contribution is -2.28. The topological polar surface area (TPSA) is 69.7 Å². The lowest BCUT2D eigenvalue weighted by molar-refractivity contribution is -0.122. The van der Waals surface area contributed by atoms with Crippen LogP contribution < -0.4 is 15.1 Å². The van der Waals surface area contributed by atoms with E-state index < -0.39 is 23.5 Å². The van der Waals surface area contributed by atoms with Gasteiger partial charge < -0.3 is 15.1 Å². The molecule has 2 heterocycles. The van der Waals surface area contributed by atoms with Gasteiger partial charge in [0.05, 0.1) is 11.6 Å². The van der Waals surface area contributed by atoms with Gasteiger partial charge in [0.25, 0.3) is 0 Å². The van der Waals surface area contributed by atoms with Crippen LogP contribution in [-0.4, -0.2) is 30.8 Å². The van der Waals surface area contributed by atoms with E-state index in [9.17, 15) is 23.2 Å². The molecule has 1 N–H and O–H groups in total. The van der Waals surface area contributed by atoms with Crippen LogP contribution in [0, 0.1) is 17.6 Å². The van der Waals surface area contributed by atoms with Crippen LogP contribution in [0.3, 0.4) is 0 Å². The van der Waals surface area contributed by atoms with Gasteiger partial charge in [0.1, 0.15) is 11.6 Å². The Bertz CT molecular complexity index is 1020. The number of hydrogen-bond acceptors (Lipinski definition) is 3. The summed E-state index contributed by atoms with van der Waals surface area (Å²) in [6.07, 6.45) is 0.712. The van der Waals surface area contributed by atoms with Gasteiger partial charge in [-0.1, -0.05) is 0 Å². The molecule has 1 fully saturated rings. The summed E-state index contributed by atoms with van der Waals surface area (Å²) >= 11 is 0. The average Bonchev–Trinajstić information content (AvgIpc) is 3.27. The number of anilines is 3. The summed E-state index contributed by atoms with van der Waals surface area (Å²) in [7, 11) is 0. The molecule has 0 spiro atoms. The molecule has 2 aliphatic heterocycles. The monoisotopic (exact) mass is 399 g/mol. The molecule has 1 atom stereocenters. The number of halogens is 2. The zero-order valence-electron chi connectivity index (χ0n) is 15.7. The number of benzene rings is 2. The van der Waals surface area contributed by atoms with Gasteiger partial charge in [-0.2, -0.15) is 0 Å². The smallest absolute Gasteiger partial charge is 0.229 e. The molecule has 29 heavy (non-hydrogen) atoms. The molecule has 2 aromatic carbocycles. The zero-order valence-corrected chi connectivity index (χ0v) is 15.7. The maximum Gasteiger partial charge on any atom is 0.229 e. The minimum absolute atomic E-state index is 0.00526. The molecule has 0 unspecified atom stereocenters. The molecule has 2 aromatic rings. The van der Waals surface area contributed by atoms with Crippen LogP contribution in [0.5, 0.6) is 0 Å². The van der Waals surface area contributed by atoms with E-state index in [0.717, 1.165) is 23.4 Å². The maximum atomic E-state index is 13.8. The first-order valence-corrected chi connectivity index (χ1v) is 9.31. The van der Waals surface area contributed by atoms with Crippen LogP contribution >= 0.6 is 0 Å². The number of nitrogens with zero attached hydrogens (tertiary/aromatic N) is 2. The number of fused-ring (bicyclic) bond motifs is 1. The van der Waals surface area contributed by atoms with Crippen LogP contribution in [0.2, 0.25) is 0 Å². The highest BCUT2D eigenvalue weighted by Gasteiger charge is 2.36. The van der Waals surface area contributed by atoms with Gasteiger partial charge in [-0.25, -0.2) is 8.78 Å². The third-order valence-electron chi connectivity index (χ3n) is 5.34. The number of carbonyl (C=O) groups excluding carboxylic acids is 3. The van der Waals surface area contributed by atoms with Crippen molar-refractivity contribution in [2.75, 3.05) is 28.2 Å². The van der Waals surface area contributed by atoms with Gasteiger partial charge in [-0.05, 0) is 42.3 Å². The second kappa shape index (κ2) is 7.27. The minimum Gasteiger partial charge on any atom is -0.323 e. The van der Waals surface area contributed by atoms with E-state index in [1.54, 1.807) is 11.0 Å². The molecule has 1 saturated heterocycles. The Hall–Kier alpha value is -3.29. The first-order valence-electron chi connectivity index (χ1n) is 9.31. The summed E-state index contributed by atoms with van der Waals surface area (Å²) in [5.41, 5.74) is 2.37. The van der Waals surface area contributed by atoms with Gasteiger partial charge >= 0.3 is 0 Å². The second-order valence-corrected chi connectivity index (χ2v) is 7.25. The Morgan fingerprint density at radius 1 is 1.14 bits per heavy atom. The summed E-state index contributed by atoms with van der Waals surface area (Å²) in [5.74, 6) is -2.97. The van der Waals surface area contributed by atoms with E-state index in [1.807, 2.05) is 12.1 Å². The predicted octanol–water partition coefficient (Wildman–Crippen LogP) is 2.87. The fraction of sp³-hybridized carbons (Fsp3) is 0.286. The van der Waals surface area contributed by atoms with Crippen molar-refractivity contribution in [1.82, 2.24) is 0 Å². The van der Waals surface area contributed by atoms with E-state index >= 15 is 0 Å². The fourth-order valence-corrected chi connectivity index (χ4v) is 3.84. The van der Waals surface area contributed by atoms with Gasteiger partial charge in [0, 0.05) is 43.9 Å². The molecule has 0 bridgehead atoms. The van der Waals surface area contributed by atoms with Gasteiger partial charge in [-0.3, -0.25) is 14.4 Å². The van der Waals surface area contributed by atoms with Crippen molar-refractivity contribution in [1.29, 1.82) is 0 Å². The highest BCUT2D eigenvalue weighted by atomic mass is 19.1. The van der Waals surface area contributed by atoms with Crippen LogP contribution in [0.15, 0.2) is 36.4 Å². The first-order chi connectivity index (χ1) is 13.8. The van der Waals surface area contributed by atoms with E-state index in [0.29, 0.717) is 24.7 Å². The van der Waals surface area contributed by atoms with Crippen LogP contribution in [-0.2, 0) is 20.8 Å². The lowest BCUT2D eigenvalue weighted by atomic mass is 10.1. The summed E-state index contributed by atoms with van der Waals surface area (Å²) in [6.45, 7) is 2.29. The number of hydrogen-bond donors (Lipinski definition) is 1. The number of rotatable bonds is 3. The van der Waals surface area contributed by atoms with Crippen molar-refractivity contribution in [3.8, 4) is 0 Å². The van der Waals surface area contributed by atoms with E-state index in [4.69, 9.17) is 0 Å². The van der Waals surface area contributed by atoms with Gasteiger partial charge in [0.15, 0.2) is 0 Å². The molecular weight excluding hydrogens is 380 g/mol. The molecule has 0 aliphatic carbocycles. The van der Waals surface area contributed by atoms with Crippen LogP contribution in [0.1, 0.15) is 18.9 Å². The second-order valence-electron chi connectivity index (χ2n) is 7.25. The van der Waals surface area contributed by atoms with Crippen molar-refractivity contribution in [2.45, 2.75) is 19.8 Å². The SMILES string of the molecule is CC(=O)N1CCc2cc(N3C[C@H](C(=O)Nc4ccc(F)cc4F)CC3=O)ccc21. The summed E-state index contributed by atoms with van der Waals surface area (Å²) in [4.78, 5) is 39.9. The molecule has 0 saturated carbocycles. The Kier molecular flexibility index (Phi) is 4.77. The Morgan fingerprint density at radius 2 is 1.93 bits per heavy atom. The maximum absolute atomic E-state index is 13.8. The molecule has 150 valence electrons. The normalized spacial score (nSPS) is 18.2. The van der Waals surface area contributed by atoms with Crippen LogP contribution in [0.25, 0.3) is 0 Å². The van der Waals surface area contributed by atoms with E-state index in [2.05, 4.69) is 5.32 Å². The molecule has 0 radical (unpaired) electrons. The fourth-order valence-electron chi connectivity index (χ4n) is 3.84. The minimum atomic E-state index is -0.867. The summed E-state index contributed by atoms with van der Waals surface area (Å²) in [6, 6.07) is 8.34. The highest BCUT2D eigenvalue weighted by Crippen LogP contribution is 2.34. The standard InChI is InChI=1S/C21H19F2N3O3/c1-12(27)25-7-6-13-8-16(3-5-19(13)25)26-11-14(9-20(26)28)21(29)24-18-4-2-15(22)10-17(18)23/h2-5,8,10,14H,6-7,9,11H2,1H3,(H,24,29)/t14-/m1/s1. The van der Waals surface area contributed by atoms with Crippen molar-refractivity contribution in [3.63, 3.8) is 0 Å². The Balaban J connectivity index is 1.48. The summed E-state index contributed by atoms with van der Waals surface area (Å²) < 4.78 is 26.8. The lowest BCUT2D eigenvalue weighted by Gasteiger charge is -2.19. The van der Waals surface area contributed by atoms with Crippen molar-refractivity contribution >= 4 is 34.8 Å². The molecule has 3 amide bonds.